The Morgan fingerprint density at radius 2 is 2.04 bits per heavy atom. The number of fused-ring (bicyclic) bond motifs is 3. The maximum absolute atomic E-state index is 5.65. The highest BCUT2D eigenvalue weighted by Gasteiger charge is 2.51. The van der Waals surface area contributed by atoms with Crippen LogP contribution in [0.1, 0.15) is 82.4 Å². The van der Waals surface area contributed by atoms with Crippen molar-refractivity contribution in [1.82, 2.24) is 5.32 Å². The highest BCUT2D eigenvalue weighted by Crippen LogP contribution is 2.57. The van der Waals surface area contributed by atoms with Gasteiger partial charge in [0.15, 0.2) is 0 Å². The zero-order valence-electron chi connectivity index (χ0n) is 16.8. The first-order chi connectivity index (χ1) is 11.9. The van der Waals surface area contributed by atoms with Crippen molar-refractivity contribution in [1.29, 1.82) is 0 Å². The van der Waals surface area contributed by atoms with Gasteiger partial charge in [0.05, 0.1) is 0 Å². The van der Waals surface area contributed by atoms with E-state index in [1.54, 1.807) is 11.1 Å². The minimum absolute atomic E-state index is 0.353. The van der Waals surface area contributed by atoms with Crippen molar-refractivity contribution in [2.45, 2.75) is 77.6 Å². The van der Waals surface area contributed by atoms with Crippen molar-refractivity contribution in [2.75, 3.05) is 19.6 Å². The number of aryl methyl sites for hydroxylation is 1. The second kappa shape index (κ2) is 7.40. The summed E-state index contributed by atoms with van der Waals surface area (Å²) in [4.78, 5) is 0. The molecule has 2 heteroatoms. The molecule has 1 aromatic rings. The predicted molar refractivity (Wildman–Crippen MR) is 108 cm³/mol. The standard InChI is InChI=1S/C23H38N2/c1-17(2)18-7-9-20-19(15-18)8-10-21-22(3,16-25-14-6-13-24)11-5-12-23(20,21)4/h7,9,15,17,21,25H,5-6,8,10-14,16,24H2,1-4H3/t21-,22-,23-/m1/s1. The summed E-state index contributed by atoms with van der Waals surface area (Å²) >= 11 is 0. The van der Waals surface area contributed by atoms with Crippen LogP contribution in [0.2, 0.25) is 0 Å². The molecule has 0 saturated heterocycles. The quantitative estimate of drug-likeness (QED) is 0.732. The average Bonchev–Trinajstić information content (AvgIpc) is 2.58. The second-order valence-electron chi connectivity index (χ2n) is 9.41. The molecule has 0 spiro atoms. The van der Waals surface area contributed by atoms with Gasteiger partial charge in [-0.2, -0.15) is 0 Å². The van der Waals surface area contributed by atoms with Gasteiger partial charge in [-0.25, -0.2) is 0 Å². The van der Waals surface area contributed by atoms with Gasteiger partial charge in [-0.3, -0.25) is 0 Å². The summed E-state index contributed by atoms with van der Waals surface area (Å²) in [6, 6.07) is 7.37. The van der Waals surface area contributed by atoms with E-state index in [0.717, 1.165) is 32.0 Å². The fourth-order valence-corrected chi connectivity index (χ4v) is 5.82. The van der Waals surface area contributed by atoms with Crippen molar-refractivity contribution in [3.63, 3.8) is 0 Å². The Hall–Kier alpha value is -0.860. The van der Waals surface area contributed by atoms with Crippen molar-refractivity contribution >= 4 is 0 Å². The van der Waals surface area contributed by atoms with Crippen LogP contribution in [0.3, 0.4) is 0 Å². The van der Waals surface area contributed by atoms with Gasteiger partial charge in [-0.1, -0.05) is 52.3 Å². The lowest BCUT2D eigenvalue weighted by Gasteiger charge is -2.55. The van der Waals surface area contributed by atoms with Crippen molar-refractivity contribution < 1.29 is 0 Å². The van der Waals surface area contributed by atoms with E-state index in [-0.39, 0.29) is 0 Å². The molecule has 2 aliphatic carbocycles. The fourth-order valence-electron chi connectivity index (χ4n) is 5.82. The van der Waals surface area contributed by atoms with E-state index in [1.807, 2.05) is 0 Å². The van der Waals surface area contributed by atoms with Crippen LogP contribution in [-0.2, 0) is 11.8 Å². The smallest absolute Gasteiger partial charge is 0.000815 e. The number of hydrogen-bond acceptors (Lipinski definition) is 2. The molecule has 2 aliphatic rings. The first kappa shape index (κ1) is 18.9. The third-order valence-electron chi connectivity index (χ3n) is 7.25. The Bertz CT molecular complexity index is 594. The predicted octanol–water partition coefficient (Wildman–Crippen LogP) is 4.76. The normalized spacial score (nSPS) is 31.7. The highest BCUT2D eigenvalue weighted by atomic mass is 14.9. The third-order valence-corrected chi connectivity index (χ3v) is 7.25. The van der Waals surface area contributed by atoms with Gasteiger partial charge in [0, 0.05) is 6.54 Å². The van der Waals surface area contributed by atoms with Gasteiger partial charge >= 0.3 is 0 Å². The summed E-state index contributed by atoms with van der Waals surface area (Å²) in [7, 11) is 0. The first-order valence-electron chi connectivity index (χ1n) is 10.4. The Balaban J connectivity index is 1.85. The van der Waals surface area contributed by atoms with Gasteiger partial charge in [-0.05, 0) is 84.5 Å². The maximum Gasteiger partial charge on any atom is 0.000815 e. The number of nitrogens with one attached hydrogen (secondary N) is 1. The molecule has 0 amide bonds. The molecule has 1 fully saturated rings. The summed E-state index contributed by atoms with van der Waals surface area (Å²) in [5.74, 6) is 1.41. The van der Waals surface area contributed by atoms with Crippen LogP contribution >= 0.6 is 0 Å². The molecule has 140 valence electrons. The van der Waals surface area contributed by atoms with Crippen LogP contribution in [0.25, 0.3) is 0 Å². The first-order valence-corrected chi connectivity index (χ1v) is 10.4. The summed E-state index contributed by atoms with van der Waals surface area (Å²) in [5, 5.41) is 3.71. The van der Waals surface area contributed by atoms with Gasteiger partial charge in [0.2, 0.25) is 0 Å². The molecule has 1 saturated carbocycles. The van der Waals surface area contributed by atoms with Gasteiger partial charge < -0.3 is 11.1 Å². The van der Waals surface area contributed by atoms with Gasteiger partial charge in [-0.15, -0.1) is 0 Å². The van der Waals surface area contributed by atoms with Crippen LogP contribution in [0, 0.1) is 11.3 Å². The molecule has 0 radical (unpaired) electrons. The lowest BCUT2D eigenvalue weighted by molar-refractivity contribution is 0.0260. The van der Waals surface area contributed by atoms with Crippen molar-refractivity contribution in [3.8, 4) is 0 Å². The van der Waals surface area contributed by atoms with Crippen molar-refractivity contribution in [2.24, 2.45) is 17.1 Å². The Kier molecular flexibility index (Phi) is 5.60. The molecule has 3 N–H and O–H groups in total. The van der Waals surface area contributed by atoms with Crippen LogP contribution in [0.15, 0.2) is 18.2 Å². The number of hydrogen-bond donors (Lipinski definition) is 2. The van der Waals surface area contributed by atoms with E-state index in [2.05, 4.69) is 51.2 Å². The van der Waals surface area contributed by atoms with Gasteiger partial charge in [0.1, 0.15) is 0 Å². The largest absolute Gasteiger partial charge is 0.330 e. The summed E-state index contributed by atoms with van der Waals surface area (Å²) < 4.78 is 0. The van der Waals surface area contributed by atoms with E-state index in [9.17, 15) is 0 Å². The number of rotatable bonds is 6. The monoisotopic (exact) mass is 342 g/mol. The molecule has 2 nitrogen and oxygen atoms in total. The zero-order valence-corrected chi connectivity index (χ0v) is 16.8. The second-order valence-corrected chi connectivity index (χ2v) is 9.41. The average molecular weight is 343 g/mol. The molecule has 0 unspecified atom stereocenters. The topological polar surface area (TPSA) is 38.0 Å². The van der Waals surface area contributed by atoms with Crippen LogP contribution < -0.4 is 11.1 Å². The molecule has 1 aromatic carbocycles. The molecular weight excluding hydrogens is 304 g/mol. The minimum atomic E-state index is 0.353. The molecule has 0 bridgehead atoms. The van der Waals surface area contributed by atoms with Crippen molar-refractivity contribution in [3.05, 3.63) is 34.9 Å². The molecule has 0 heterocycles. The Morgan fingerprint density at radius 3 is 2.76 bits per heavy atom. The SMILES string of the molecule is CC(C)c1ccc2c(c1)CC[C@@H]1[C@@](C)(CNCCCN)CCC[C@]21C. The molecule has 0 aliphatic heterocycles. The number of benzene rings is 1. The van der Waals surface area contributed by atoms with Gasteiger partial charge in [0.25, 0.3) is 0 Å². The van der Waals surface area contributed by atoms with Crippen LogP contribution in [0.5, 0.6) is 0 Å². The molecule has 25 heavy (non-hydrogen) atoms. The molecule has 3 rings (SSSR count). The lowest BCUT2D eigenvalue weighted by Crippen LogP contribution is -2.52. The highest BCUT2D eigenvalue weighted by molar-refractivity contribution is 5.42. The number of nitrogens with two attached hydrogens (primary N) is 1. The van der Waals surface area contributed by atoms with E-state index < -0.39 is 0 Å². The summed E-state index contributed by atoms with van der Waals surface area (Å²) in [6.07, 6.45) is 7.76. The third kappa shape index (κ3) is 3.53. The lowest BCUT2D eigenvalue weighted by atomic mass is 9.49. The molecule has 3 atom stereocenters. The summed E-state index contributed by atoms with van der Waals surface area (Å²) in [6.45, 7) is 12.7. The maximum atomic E-state index is 5.65. The molecule has 0 aromatic heterocycles. The Labute approximate surface area is 155 Å². The fraction of sp³-hybridized carbons (Fsp3) is 0.739. The van der Waals surface area contributed by atoms with E-state index >= 15 is 0 Å². The Morgan fingerprint density at radius 1 is 1.24 bits per heavy atom. The summed E-state index contributed by atoms with van der Waals surface area (Å²) in [5.41, 5.74) is 11.2. The minimum Gasteiger partial charge on any atom is -0.330 e. The van der Waals surface area contributed by atoms with E-state index in [0.29, 0.717) is 16.7 Å². The van der Waals surface area contributed by atoms with Crippen LogP contribution in [-0.4, -0.2) is 19.6 Å². The van der Waals surface area contributed by atoms with E-state index in [1.165, 1.54) is 37.7 Å². The molecular formula is C23H38N2. The van der Waals surface area contributed by atoms with Crippen LogP contribution in [0.4, 0.5) is 0 Å². The zero-order chi connectivity index (χ0) is 18.1. The van der Waals surface area contributed by atoms with E-state index in [4.69, 9.17) is 5.73 Å².